The molecule has 0 saturated heterocycles. The van der Waals surface area contributed by atoms with Crippen LogP contribution in [0.25, 0.3) is 0 Å². The molecule has 0 aromatic carbocycles. The van der Waals surface area contributed by atoms with E-state index in [0.29, 0.717) is 6.04 Å². The molecular formula is C13H22N4. The average Bonchev–Trinajstić information content (AvgIpc) is 2.25. The number of nitrogens with one attached hydrogen (secondary N) is 1. The zero-order valence-electron chi connectivity index (χ0n) is 11.0. The molecule has 1 heterocycles. The normalized spacial score (nSPS) is 15.5. The van der Waals surface area contributed by atoms with Gasteiger partial charge in [-0.05, 0) is 32.6 Å². The Hall–Kier alpha value is -1.32. The van der Waals surface area contributed by atoms with Gasteiger partial charge in [-0.2, -0.15) is 0 Å². The summed E-state index contributed by atoms with van der Waals surface area (Å²) < 4.78 is 0. The lowest BCUT2D eigenvalue weighted by Gasteiger charge is -2.36. The largest absolute Gasteiger partial charge is 0.370 e. The number of anilines is 2. The average molecular weight is 234 g/mol. The van der Waals surface area contributed by atoms with E-state index in [9.17, 15) is 0 Å². The Balaban J connectivity index is 2.15. The van der Waals surface area contributed by atoms with Crippen molar-refractivity contribution < 1.29 is 0 Å². The highest BCUT2D eigenvalue weighted by atomic mass is 15.2. The third kappa shape index (κ3) is 2.51. The Morgan fingerprint density at radius 2 is 2.18 bits per heavy atom. The second-order valence-electron chi connectivity index (χ2n) is 4.79. The molecule has 1 aromatic heterocycles. The molecule has 1 aliphatic carbocycles. The first-order valence-corrected chi connectivity index (χ1v) is 6.52. The molecule has 0 amide bonds. The van der Waals surface area contributed by atoms with Crippen molar-refractivity contribution in [2.45, 2.75) is 45.6 Å². The van der Waals surface area contributed by atoms with Gasteiger partial charge in [0.2, 0.25) is 0 Å². The number of rotatable bonds is 5. The van der Waals surface area contributed by atoms with Crippen LogP contribution in [0.5, 0.6) is 0 Å². The Morgan fingerprint density at radius 1 is 1.41 bits per heavy atom. The molecule has 17 heavy (non-hydrogen) atoms. The number of hydrogen-bond donors (Lipinski definition) is 1. The number of aromatic nitrogens is 2. The minimum Gasteiger partial charge on any atom is -0.370 e. The molecule has 0 spiro atoms. The van der Waals surface area contributed by atoms with Crippen LogP contribution in [0.3, 0.4) is 0 Å². The molecule has 1 N–H and O–H groups in total. The molecule has 1 saturated carbocycles. The zero-order chi connectivity index (χ0) is 12.3. The molecule has 0 atom stereocenters. The fourth-order valence-corrected chi connectivity index (χ4v) is 2.17. The molecule has 0 bridgehead atoms. The van der Waals surface area contributed by atoms with Crippen molar-refractivity contribution in [3.05, 3.63) is 11.9 Å². The first-order valence-electron chi connectivity index (χ1n) is 6.52. The molecule has 0 unspecified atom stereocenters. The lowest BCUT2D eigenvalue weighted by molar-refractivity contribution is 0.399. The van der Waals surface area contributed by atoms with Gasteiger partial charge in [0.15, 0.2) is 0 Å². The van der Waals surface area contributed by atoms with Crippen LogP contribution in [0.1, 0.15) is 38.2 Å². The van der Waals surface area contributed by atoms with Crippen LogP contribution in [0, 0.1) is 6.92 Å². The van der Waals surface area contributed by atoms with Crippen LogP contribution in [0.4, 0.5) is 11.6 Å². The van der Waals surface area contributed by atoms with Gasteiger partial charge in [-0.1, -0.05) is 6.92 Å². The molecule has 2 rings (SSSR count). The van der Waals surface area contributed by atoms with Gasteiger partial charge >= 0.3 is 0 Å². The highest BCUT2D eigenvalue weighted by molar-refractivity contribution is 5.58. The summed E-state index contributed by atoms with van der Waals surface area (Å²) in [5, 5.41) is 3.36. The third-order valence-corrected chi connectivity index (χ3v) is 3.56. The molecule has 0 aliphatic heterocycles. The summed E-state index contributed by atoms with van der Waals surface area (Å²) in [6, 6.07) is 0.669. The maximum absolute atomic E-state index is 4.42. The summed E-state index contributed by atoms with van der Waals surface area (Å²) in [5.74, 6) is 2.05. The first-order chi connectivity index (χ1) is 8.24. The van der Waals surface area contributed by atoms with Gasteiger partial charge in [0.25, 0.3) is 0 Å². The fraction of sp³-hybridized carbons (Fsp3) is 0.692. The second-order valence-corrected chi connectivity index (χ2v) is 4.79. The minimum atomic E-state index is 0.669. The van der Waals surface area contributed by atoms with E-state index < -0.39 is 0 Å². The highest BCUT2D eigenvalue weighted by Crippen LogP contribution is 2.30. The van der Waals surface area contributed by atoms with Crippen molar-refractivity contribution >= 4 is 11.6 Å². The lowest BCUT2D eigenvalue weighted by Crippen LogP contribution is -2.38. The maximum atomic E-state index is 4.42. The SMILES string of the molecule is CCCNc1ncnc(N(C)C2CCC2)c1C. The third-order valence-electron chi connectivity index (χ3n) is 3.56. The van der Waals surface area contributed by atoms with Gasteiger partial charge in [-0.15, -0.1) is 0 Å². The van der Waals surface area contributed by atoms with Crippen LogP contribution in [0.2, 0.25) is 0 Å². The number of nitrogens with zero attached hydrogens (tertiary/aromatic N) is 3. The Labute approximate surface area is 103 Å². The Bertz CT molecular complexity index is 374. The van der Waals surface area contributed by atoms with Gasteiger partial charge in [0, 0.05) is 25.2 Å². The van der Waals surface area contributed by atoms with E-state index in [1.165, 1.54) is 19.3 Å². The van der Waals surface area contributed by atoms with E-state index >= 15 is 0 Å². The topological polar surface area (TPSA) is 41.1 Å². The molecule has 0 radical (unpaired) electrons. The van der Waals surface area contributed by atoms with Crippen LogP contribution < -0.4 is 10.2 Å². The zero-order valence-corrected chi connectivity index (χ0v) is 11.0. The first kappa shape index (κ1) is 12.1. The number of hydrogen-bond acceptors (Lipinski definition) is 4. The second kappa shape index (κ2) is 5.34. The van der Waals surface area contributed by atoms with Crippen LogP contribution in [-0.2, 0) is 0 Å². The molecule has 94 valence electrons. The highest BCUT2D eigenvalue weighted by Gasteiger charge is 2.24. The minimum absolute atomic E-state index is 0.669. The molecule has 4 nitrogen and oxygen atoms in total. The molecule has 1 aliphatic rings. The smallest absolute Gasteiger partial charge is 0.137 e. The summed E-state index contributed by atoms with van der Waals surface area (Å²) in [6.07, 6.45) is 6.70. The van der Waals surface area contributed by atoms with E-state index in [-0.39, 0.29) is 0 Å². The van der Waals surface area contributed by atoms with E-state index in [4.69, 9.17) is 0 Å². The van der Waals surface area contributed by atoms with Crippen LogP contribution >= 0.6 is 0 Å². The van der Waals surface area contributed by atoms with E-state index in [1.807, 2.05) is 0 Å². The summed E-state index contributed by atoms with van der Waals surface area (Å²) in [7, 11) is 2.14. The quantitative estimate of drug-likeness (QED) is 0.850. The monoisotopic (exact) mass is 234 g/mol. The van der Waals surface area contributed by atoms with Gasteiger partial charge < -0.3 is 10.2 Å². The Morgan fingerprint density at radius 3 is 2.76 bits per heavy atom. The maximum Gasteiger partial charge on any atom is 0.137 e. The molecular weight excluding hydrogens is 212 g/mol. The fourth-order valence-electron chi connectivity index (χ4n) is 2.17. The molecule has 1 fully saturated rings. The predicted octanol–water partition coefficient (Wildman–Crippen LogP) is 2.60. The summed E-state index contributed by atoms with van der Waals surface area (Å²) in [4.78, 5) is 11.0. The van der Waals surface area contributed by atoms with Crippen molar-refractivity contribution in [2.75, 3.05) is 23.8 Å². The standard InChI is InChI=1S/C13H22N4/c1-4-8-14-12-10(2)13(16-9-15-12)17(3)11-6-5-7-11/h9,11H,4-8H2,1-3H3,(H,14,15,16). The van der Waals surface area contributed by atoms with Gasteiger partial charge in [0.1, 0.15) is 18.0 Å². The molecule has 4 heteroatoms. The molecule has 1 aromatic rings. The Kier molecular flexibility index (Phi) is 3.82. The lowest BCUT2D eigenvalue weighted by atomic mass is 9.92. The van der Waals surface area contributed by atoms with Crippen molar-refractivity contribution in [1.82, 2.24) is 9.97 Å². The van der Waals surface area contributed by atoms with Crippen molar-refractivity contribution in [1.29, 1.82) is 0 Å². The van der Waals surface area contributed by atoms with Crippen molar-refractivity contribution in [3.63, 3.8) is 0 Å². The van der Waals surface area contributed by atoms with E-state index in [2.05, 4.69) is 41.1 Å². The van der Waals surface area contributed by atoms with Crippen LogP contribution in [-0.4, -0.2) is 29.6 Å². The van der Waals surface area contributed by atoms with Gasteiger partial charge in [0.05, 0.1) is 0 Å². The predicted molar refractivity (Wildman–Crippen MR) is 71.6 cm³/mol. The van der Waals surface area contributed by atoms with Crippen molar-refractivity contribution in [2.24, 2.45) is 0 Å². The van der Waals surface area contributed by atoms with Gasteiger partial charge in [-0.3, -0.25) is 0 Å². The van der Waals surface area contributed by atoms with Crippen molar-refractivity contribution in [3.8, 4) is 0 Å². The van der Waals surface area contributed by atoms with Gasteiger partial charge in [-0.25, -0.2) is 9.97 Å². The van der Waals surface area contributed by atoms with E-state index in [1.54, 1.807) is 6.33 Å². The summed E-state index contributed by atoms with van der Waals surface area (Å²) in [6.45, 7) is 5.22. The van der Waals surface area contributed by atoms with Crippen LogP contribution in [0.15, 0.2) is 6.33 Å². The summed E-state index contributed by atoms with van der Waals surface area (Å²) in [5.41, 5.74) is 1.16. The van der Waals surface area contributed by atoms with E-state index in [0.717, 1.165) is 30.2 Å². The summed E-state index contributed by atoms with van der Waals surface area (Å²) >= 11 is 0.